The summed E-state index contributed by atoms with van der Waals surface area (Å²) < 4.78 is 12.4. The zero-order valence-electron chi connectivity index (χ0n) is 12.7. The number of fused-ring (bicyclic) bond motifs is 1. The Balaban J connectivity index is 2.03. The molecule has 3 aromatic carbocycles. The molecule has 0 aromatic heterocycles. The largest absolute Gasteiger partial charge is 0.497 e. The van der Waals surface area contributed by atoms with E-state index in [-0.39, 0.29) is 0 Å². The highest BCUT2D eigenvalue weighted by molar-refractivity contribution is 14.1. The zero-order valence-corrected chi connectivity index (χ0v) is 14.8. The van der Waals surface area contributed by atoms with Gasteiger partial charge in [-0.2, -0.15) is 0 Å². The number of nitrogens with two attached hydrogens (primary N) is 1. The average molecular weight is 420 g/mol. The van der Waals surface area contributed by atoms with E-state index in [0.717, 1.165) is 37.1 Å². The Morgan fingerprint density at radius 1 is 1.04 bits per heavy atom. The van der Waals surface area contributed by atoms with Gasteiger partial charge < -0.3 is 14.9 Å². The van der Waals surface area contributed by atoms with Crippen molar-refractivity contribution in [2.24, 2.45) is 5.84 Å². The molecule has 0 fully saturated rings. The molecule has 0 saturated heterocycles. The van der Waals surface area contributed by atoms with Gasteiger partial charge in [0.1, 0.15) is 18.1 Å². The molecule has 5 heteroatoms. The fourth-order valence-corrected chi connectivity index (χ4v) is 3.18. The number of methoxy groups -OCH3 is 1. The molecular formula is C18H17IN2O2. The number of halogens is 1. The van der Waals surface area contributed by atoms with Crippen LogP contribution in [-0.4, -0.2) is 7.11 Å². The van der Waals surface area contributed by atoms with Crippen LogP contribution in [0.1, 0.15) is 5.56 Å². The SMILES string of the molecule is COc1ccc2c(OCc3ccccc3)cc(NN)c(I)c2c1. The molecule has 23 heavy (non-hydrogen) atoms. The molecule has 118 valence electrons. The second-order valence-electron chi connectivity index (χ2n) is 5.07. The molecule has 3 N–H and O–H groups in total. The van der Waals surface area contributed by atoms with Gasteiger partial charge >= 0.3 is 0 Å². The van der Waals surface area contributed by atoms with Crippen molar-refractivity contribution in [2.75, 3.05) is 12.5 Å². The summed E-state index contributed by atoms with van der Waals surface area (Å²) in [5.74, 6) is 7.24. The summed E-state index contributed by atoms with van der Waals surface area (Å²) in [7, 11) is 1.66. The Bertz CT molecular complexity index is 822. The van der Waals surface area contributed by atoms with Crippen LogP contribution in [0.4, 0.5) is 5.69 Å². The number of hydrogen-bond acceptors (Lipinski definition) is 4. The van der Waals surface area contributed by atoms with Gasteiger partial charge in [0.2, 0.25) is 0 Å². The lowest BCUT2D eigenvalue weighted by molar-refractivity contribution is 0.310. The van der Waals surface area contributed by atoms with Crippen LogP contribution < -0.4 is 20.7 Å². The van der Waals surface area contributed by atoms with E-state index in [4.69, 9.17) is 15.3 Å². The van der Waals surface area contributed by atoms with Crippen molar-refractivity contribution in [3.63, 3.8) is 0 Å². The van der Waals surface area contributed by atoms with E-state index in [1.54, 1.807) is 7.11 Å². The predicted molar refractivity (Wildman–Crippen MR) is 102 cm³/mol. The first-order valence-corrected chi connectivity index (χ1v) is 8.24. The third-order valence-electron chi connectivity index (χ3n) is 3.63. The summed E-state index contributed by atoms with van der Waals surface area (Å²) in [6.45, 7) is 0.507. The monoisotopic (exact) mass is 420 g/mol. The lowest BCUT2D eigenvalue weighted by Crippen LogP contribution is -2.09. The zero-order chi connectivity index (χ0) is 16.2. The minimum atomic E-state index is 0.507. The highest BCUT2D eigenvalue weighted by Crippen LogP contribution is 2.37. The van der Waals surface area contributed by atoms with Crippen LogP contribution in [0.25, 0.3) is 10.8 Å². The Morgan fingerprint density at radius 3 is 2.52 bits per heavy atom. The third-order valence-corrected chi connectivity index (χ3v) is 4.80. The molecule has 4 nitrogen and oxygen atoms in total. The Labute approximate surface area is 148 Å². The van der Waals surface area contributed by atoms with Crippen LogP contribution in [0.3, 0.4) is 0 Å². The van der Waals surface area contributed by atoms with Crippen LogP contribution in [0, 0.1) is 3.57 Å². The van der Waals surface area contributed by atoms with E-state index in [2.05, 4.69) is 28.0 Å². The lowest BCUT2D eigenvalue weighted by Gasteiger charge is -2.15. The molecule has 0 bridgehead atoms. The van der Waals surface area contributed by atoms with E-state index in [0.29, 0.717) is 6.61 Å². The molecule has 0 aliphatic heterocycles. The number of nitrogens with one attached hydrogen (secondary N) is 1. The van der Waals surface area contributed by atoms with E-state index < -0.39 is 0 Å². The van der Waals surface area contributed by atoms with Gasteiger partial charge in [-0.25, -0.2) is 0 Å². The van der Waals surface area contributed by atoms with E-state index in [1.807, 2.05) is 54.6 Å². The molecule has 3 rings (SSSR count). The fourth-order valence-electron chi connectivity index (χ4n) is 2.42. The van der Waals surface area contributed by atoms with Crippen molar-refractivity contribution in [3.8, 4) is 11.5 Å². The van der Waals surface area contributed by atoms with Gasteiger partial charge in [0.25, 0.3) is 0 Å². The molecule has 0 radical (unpaired) electrons. The maximum Gasteiger partial charge on any atom is 0.129 e. The molecule has 0 atom stereocenters. The molecule has 0 saturated carbocycles. The molecule has 0 unspecified atom stereocenters. The second kappa shape index (κ2) is 7.06. The van der Waals surface area contributed by atoms with Crippen molar-refractivity contribution in [3.05, 3.63) is 63.7 Å². The van der Waals surface area contributed by atoms with Gasteiger partial charge in [-0.3, -0.25) is 5.84 Å². The summed E-state index contributed by atoms with van der Waals surface area (Å²) in [6.07, 6.45) is 0. The fraction of sp³-hybridized carbons (Fsp3) is 0.111. The molecule has 3 aromatic rings. The van der Waals surface area contributed by atoms with Crippen LogP contribution >= 0.6 is 22.6 Å². The third kappa shape index (κ3) is 3.35. The number of rotatable bonds is 5. The van der Waals surface area contributed by atoms with Gasteiger partial charge in [0, 0.05) is 20.4 Å². The quantitative estimate of drug-likeness (QED) is 0.367. The smallest absolute Gasteiger partial charge is 0.129 e. The van der Waals surface area contributed by atoms with Gasteiger partial charge in [0.05, 0.1) is 12.8 Å². The Hall–Kier alpha value is -1.99. The minimum absolute atomic E-state index is 0.507. The van der Waals surface area contributed by atoms with Crippen molar-refractivity contribution < 1.29 is 9.47 Å². The van der Waals surface area contributed by atoms with Crippen LogP contribution in [0.15, 0.2) is 54.6 Å². The van der Waals surface area contributed by atoms with E-state index in [9.17, 15) is 0 Å². The van der Waals surface area contributed by atoms with Crippen molar-refractivity contribution in [1.29, 1.82) is 0 Å². The molecule has 0 aliphatic rings. The summed E-state index contributed by atoms with van der Waals surface area (Å²) in [5, 5.41) is 2.08. The van der Waals surface area contributed by atoms with Gasteiger partial charge in [-0.15, -0.1) is 0 Å². The molecule has 0 amide bonds. The summed E-state index contributed by atoms with van der Waals surface area (Å²) in [5.41, 5.74) is 4.68. The van der Waals surface area contributed by atoms with Gasteiger partial charge in [-0.05, 0) is 46.4 Å². The van der Waals surface area contributed by atoms with Crippen molar-refractivity contribution in [2.45, 2.75) is 6.61 Å². The minimum Gasteiger partial charge on any atom is -0.497 e. The second-order valence-corrected chi connectivity index (χ2v) is 6.15. The first-order chi connectivity index (χ1) is 11.2. The highest BCUT2D eigenvalue weighted by atomic mass is 127. The summed E-state index contributed by atoms with van der Waals surface area (Å²) >= 11 is 2.27. The molecule has 0 spiro atoms. The Morgan fingerprint density at radius 2 is 1.83 bits per heavy atom. The molecule has 0 aliphatic carbocycles. The normalized spacial score (nSPS) is 10.6. The molecule has 0 heterocycles. The Kier molecular flexibility index (Phi) is 4.88. The van der Waals surface area contributed by atoms with Gasteiger partial charge in [0.15, 0.2) is 0 Å². The van der Waals surface area contributed by atoms with E-state index in [1.165, 1.54) is 0 Å². The van der Waals surface area contributed by atoms with Crippen LogP contribution in [0.5, 0.6) is 11.5 Å². The summed E-state index contributed by atoms with van der Waals surface area (Å²) in [4.78, 5) is 0. The number of benzene rings is 3. The highest BCUT2D eigenvalue weighted by Gasteiger charge is 2.12. The number of hydrazine groups is 1. The molecular weight excluding hydrogens is 403 g/mol. The first-order valence-electron chi connectivity index (χ1n) is 7.16. The number of hydrogen-bond donors (Lipinski definition) is 2. The lowest BCUT2D eigenvalue weighted by atomic mass is 10.1. The van der Waals surface area contributed by atoms with Crippen LogP contribution in [-0.2, 0) is 6.61 Å². The summed E-state index contributed by atoms with van der Waals surface area (Å²) in [6, 6.07) is 17.9. The number of nitrogen functional groups attached to an aromatic ring is 1. The van der Waals surface area contributed by atoms with Crippen molar-refractivity contribution in [1.82, 2.24) is 0 Å². The maximum atomic E-state index is 6.04. The van der Waals surface area contributed by atoms with Crippen LogP contribution in [0.2, 0.25) is 0 Å². The standard InChI is InChI=1S/C18H17IN2O2/c1-22-13-7-8-14-15(9-13)18(19)16(21-20)10-17(14)23-11-12-5-3-2-4-6-12/h2-10,21H,11,20H2,1H3. The maximum absolute atomic E-state index is 6.04. The number of ether oxygens (including phenoxy) is 2. The van der Waals surface area contributed by atoms with E-state index >= 15 is 0 Å². The number of anilines is 1. The average Bonchev–Trinajstić information content (AvgIpc) is 2.62. The predicted octanol–water partition coefficient (Wildman–Crippen LogP) is 4.32. The topological polar surface area (TPSA) is 56.5 Å². The van der Waals surface area contributed by atoms with Crippen molar-refractivity contribution >= 4 is 39.1 Å². The first kappa shape index (κ1) is 15.9. The van der Waals surface area contributed by atoms with Gasteiger partial charge in [-0.1, -0.05) is 30.3 Å².